The summed E-state index contributed by atoms with van der Waals surface area (Å²) in [7, 11) is 0. The zero-order valence-corrected chi connectivity index (χ0v) is 13.7. The molecule has 0 spiro atoms. The molecule has 118 valence electrons. The Hall–Kier alpha value is -2.92. The number of benzene rings is 2. The third-order valence-corrected chi connectivity index (χ3v) is 4.43. The molecule has 24 heavy (non-hydrogen) atoms. The number of nitrogens with zero attached hydrogens (tertiary/aromatic N) is 3. The van der Waals surface area contributed by atoms with Crippen molar-refractivity contribution in [2.75, 3.05) is 0 Å². The predicted molar refractivity (Wildman–Crippen MR) is 97.3 cm³/mol. The molecule has 0 radical (unpaired) electrons. The van der Waals surface area contributed by atoms with E-state index in [4.69, 9.17) is 9.82 Å². The molecule has 0 unspecified atom stereocenters. The number of oxime groups is 1. The van der Waals surface area contributed by atoms with Crippen LogP contribution in [0.3, 0.4) is 0 Å². The van der Waals surface area contributed by atoms with Gasteiger partial charge in [0.15, 0.2) is 4.96 Å². The number of imidazole rings is 1. The van der Waals surface area contributed by atoms with E-state index in [1.165, 1.54) is 0 Å². The molecule has 0 N–H and O–H groups in total. The standard InChI is InChI=1S/C19H15N3OS/c1-3-7-15(8-4-1)14-23-20-13-17-18(16-9-5-2-6-10-16)21-19-22(17)11-12-24-19/h1-13H,14H2/b20-13+. The molecule has 0 aliphatic heterocycles. The Labute approximate surface area is 143 Å². The fourth-order valence-electron chi connectivity index (χ4n) is 2.51. The molecule has 2 aromatic heterocycles. The van der Waals surface area contributed by atoms with Gasteiger partial charge in [-0.25, -0.2) is 4.98 Å². The largest absolute Gasteiger partial charge is 0.391 e. The fraction of sp³-hybridized carbons (Fsp3) is 0.0526. The van der Waals surface area contributed by atoms with Crippen molar-refractivity contribution in [2.45, 2.75) is 6.61 Å². The van der Waals surface area contributed by atoms with Crippen LogP contribution in [0.1, 0.15) is 11.3 Å². The highest BCUT2D eigenvalue weighted by Gasteiger charge is 2.13. The van der Waals surface area contributed by atoms with Crippen LogP contribution in [0.25, 0.3) is 16.2 Å². The van der Waals surface area contributed by atoms with Gasteiger partial charge in [-0.2, -0.15) is 0 Å². The summed E-state index contributed by atoms with van der Waals surface area (Å²) < 4.78 is 2.03. The fourth-order valence-corrected chi connectivity index (χ4v) is 3.23. The smallest absolute Gasteiger partial charge is 0.194 e. The van der Waals surface area contributed by atoms with Crippen molar-refractivity contribution < 1.29 is 4.84 Å². The van der Waals surface area contributed by atoms with Gasteiger partial charge < -0.3 is 4.84 Å². The molecule has 0 saturated carbocycles. The van der Waals surface area contributed by atoms with Gasteiger partial charge in [0.2, 0.25) is 0 Å². The molecule has 5 heteroatoms. The molecule has 0 amide bonds. The maximum Gasteiger partial charge on any atom is 0.194 e. The van der Waals surface area contributed by atoms with Gasteiger partial charge >= 0.3 is 0 Å². The quantitative estimate of drug-likeness (QED) is 0.395. The molecule has 2 heterocycles. The Morgan fingerprint density at radius 2 is 1.79 bits per heavy atom. The number of rotatable bonds is 5. The topological polar surface area (TPSA) is 38.9 Å². The molecule has 0 aliphatic rings. The normalized spacial score (nSPS) is 11.3. The Balaban J connectivity index is 1.61. The lowest BCUT2D eigenvalue weighted by Gasteiger charge is -2.01. The van der Waals surface area contributed by atoms with E-state index in [1.54, 1.807) is 17.6 Å². The molecule has 4 nitrogen and oxygen atoms in total. The van der Waals surface area contributed by atoms with E-state index in [1.807, 2.05) is 64.5 Å². The zero-order valence-electron chi connectivity index (χ0n) is 12.9. The van der Waals surface area contributed by atoms with E-state index in [0.717, 1.165) is 27.5 Å². The molecule has 0 saturated heterocycles. The number of fused-ring (bicyclic) bond motifs is 1. The summed E-state index contributed by atoms with van der Waals surface area (Å²) in [5.41, 5.74) is 3.99. The van der Waals surface area contributed by atoms with E-state index in [9.17, 15) is 0 Å². The predicted octanol–water partition coefficient (Wildman–Crippen LogP) is 4.61. The molecule has 0 bridgehead atoms. The maximum atomic E-state index is 5.44. The second kappa shape index (κ2) is 6.68. The molecular weight excluding hydrogens is 318 g/mol. The van der Waals surface area contributed by atoms with Gasteiger partial charge in [-0.3, -0.25) is 4.40 Å². The van der Waals surface area contributed by atoms with E-state index in [-0.39, 0.29) is 0 Å². The van der Waals surface area contributed by atoms with Crippen LogP contribution in [0, 0.1) is 0 Å². The molecule has 4 aromatic rings. The van der Waals surface area contributed by atoms with Crippen LogP contribution >= 0.6 is 11.3 Å². The average molecular weight is 333 g/mol. The highest BCUT2D eigenvalue weighted by molar-refractivity contribution is 7.15. The first kappa shape index (κ1) is 14.7. The maximum absolute atomic E-state index is 5.44. The van der Waals surface area contributed by atoms with Gasteiger partial charge in [-0.1, -0.05) is 65.8 Å². The summed E-state index contributed by atoms with van der Waals surface area (Å²) in [4.78, 5) is 11.1. The SMILES string of the molecule is C(=N\OCc1ccccc1)/c1c(-c2ccccc2)nc2sccn12. The second-order valence-electron chi connectivity index (χ2n) is 5.26. The number of thiazole rings is 1. The third kappa shape index (κ3) is 2.94. The summed E-state index contributed by atoms with van der Waals surface area (Å²) in [6.45, 7) is 0.448. The minimum atomic E-state index is 0.448. The molecule has 0 aliphatic carbocycles. The van der Waals surface area contributed by atoms with Crippen LogP contribution < -0.4 is 0 Å². The van der Waals surface area contributed by atoms with Gasteiger partial charge in [-0.05, 0) is 5.56 Å². The van der Waals surface area contributed by atoms with Crippen molar-refractivity contribution in [1.29, 1.82) is 0 Å². The van der Waals surface area contributed by atoms with Gasteiger partial charge in [0.25, 0.3) is 0 Å². The minimum Gasteiger partial charge on any atom is -0.391 e. The summed E-state index contributed by atoms with van der Waals surface area (Å²) in [5.74, 6) is 0. The second-order valence-corrected chi connectivity index (χ2v) is 6.13. The van der Waals surface area contributed by atoms with Gasteiger partial charge in [0, 0.05) is 17.1 Å². The summed E-state index contributed by atoms with van der Waals surface area (Å²) in [6, 6.07) is 20.1. The van der Waals surface area contributed by atoms with Gasteiger partial charge in [-0.15, -0.1) is 11.3 Å². The van der Waals surface area contributed by atoms with Crippen molar-refractivity contribution in [2.24, 2.45) is 5.16 Å². The summed E-state index contributed by atoms with van der Waals surface area (Å²) >= 11 is 1.60. The van der Waals surface area contributed by atoms with Crippen molar-refractivity contribution in [1.82, 2.24) is 9.38 Å². The molecule has 2 aromatic carbocycles. The van der Waals surface area contributed by atoms with Crippen LogP contribution in [0.2, 0.25) is 0 Å². The molecule has 0 atom stereocenters. The minimum absolute atomic E-state index is 0.448. The van der Waals surface area contributed by atoms with Crippen molar-refractivity contribution in [3.05, 3.63) is 83.5 Å². The van der Waals surface area contributed by atoms with Gasteiger partial charge in [0.05, 0.1) is 17.6 Å². The van der Waals surface area contributed by atoms with Crippen LogP contribution in [0.15, 0.2) is 77.4 Å². The zero-order chi connectivity index (χ0) is 16.2. The molecule has 4 rings (SSSR count). The van der Waals surface area contributed by atoms with Crippen LogP contribution in [0.4, 0.5) is 0 Å². The highest BCUT2D eigenvalue weighted by atomic mass is 32.1. The van der Waals surface area contributed by atoms with E-state index >= 15 is 0 Å². The Kier molecular flexibility index (Phi) is 4.08. The Morgan fingerprint density at radius 1 is 1.04 bits per heavy atom. The third-order valence-electron chi connectivity index (χ3n) is 3.67. The van der Waals surface area contributed by atoms with Crippen molar-refractivity contribution >= 4 is 22.5 Å². The van der Waals surface area contributed by atoms with Gasteiger partial charge in [0.1, 0.15) is 6.61 Å². The van der Waals surface area contributed by atoms with Crippen molar-refractivity contribution in [3.63, 3.8) is 0 Å². The molecular formula is C19H15N3OS. The first-order valence-corrected chi connectivity index (χ1v) is 8.50. The number of aromatic nitrogens is 2. The van der Waals surface area contributed by atoms with Crippen LogP contribution in [-0.2, 0) is 11.4 Å². The van der Waals surface area contributed by atoms with Crippen molar-refractivity contribution in [3.8, 4) is 11.3 Å². The number of hydrogen-bond acceptors (Lipinski definition) is 4. The Bertz CT molecular complexity index is 958. The summed E-state index contributed by atoms with van der Waals surface area (Å²) in [6.07, 6.45) is 3.73. The molecule has 0 fully saturated rings. The van der Waals surface area contributed by atoms with Crippen LogP contribution in [0.5, 0.6) is 0 Å². The Morgan fingerprint density at radius 3 is 2.58 bits per heavy atom. The average Bonchev–Trinajstić information content (AvgIpc) is 3.22. The van der Waals surface area contributed by atoms with E-state index in [0.29, 0.717) is 6.61 Å². The highest BCUT2D eigenvalue weighted by Crippen LogP contribution is 2.25. The number of hydrogen-bond donors (Lipinski definition) is 0. The summed E-state index contributed by atoms with van der Waals surface area (Å²) in [5, 5.41) is 6.16. The first-order valence-electron chi connectivity index (χ1n) is 7.62. The van der Waals surface area contributed by atoms with E-state index in [2.05, 4.69) is 17.3 Å². The lowest BCUT2D eigenvalue weighted by Crippen LogP contribution is -1.93. The lowest BCUT2D eigenvalue weighted by atomic mass is 10.1. The van der Waals surface area contributed by atoms with E-state index < -0.39 is 0 Å². The lowest BCUT2D eigenvalue weighted by molar-refractivity contribution is 0.132. The first-order chi connectivity index (χ1) is 11.9. The monoisotopic (exact) mass is 333 g/mol. The van der Waals surface area contributed by atoms with Crippen LogP contribution in [-0.4, -0.2) is 15.6 Å².